The van der Waals surface area contributed by atoms with Crippen LogP contribution in [0.4, 0.5) is 0 Å². The second-order valence-electron chi connectivity index (χ2n) is 8.95. The number of rotatable bonds is 1. The fourth-order valence-electron chi connectivity index (χ4n) is 5.52. The van der Waals surface area contributed by atoms with Gasteiger partial charge in [-0.15, -0.1) is 0 Å². The molecule has 8 rings (SSSR count). The Balaban J connectivity index is 1.55. The lowest BCUT2D eigenvalue weighted by atomic mass is 9.98. The van der Waals surface area contributed by atoms with Gasteiger partial charge in [-0.05, 0) is 48.5 Å². The first-order valence-corrected chi connectivity index (χ1v) is 11.8. The first kappa shape index (κ1) is 18.6. The number of ether oxygens (including phenoxy) is 1. The van der Waals surface area contributed by atoms with E-state index in [1.807, 2.05) is 24.3 Å². The molecule has 0 aliphatic carbocycles. The van der Waals surface area contributed by atoms with Gasteiger partial charge in [0, 0.05) is 38.5 Å². The zero-order valence-corrected chi connectivity index (χ0v) is 18.7. The number of fused-ring (bicyclic) bond motifs is 10. The van der Waals surface area contributed by atoms with Crippen LogP contribution in [-0.2, 0) is 0 Å². The van der Waals surface area contributed by atoms with Crippen molar-refractivity contribution in [3.8, 4) is 39.6 Å². The molecular formula is C32H19NO2. The van der Waals surface area contributed by atoms with Crippen LogP contribution in [0.1, 0.15) is 0 Å². The van der Waals surface area contributed by atoms with Crippen LogP contribution in [0.2, 0.25) is 0 Å². The summed E-state index contributed by atoms with van der Waals surface area (Å²) in [5.74, 6) is 1.73. The summed E-state index contributed by atoms with van der Waals surface area (Å²) >= 11 is 0. The lowest BCUT2D eigenvalue weighted by Gasteiger charge is -2.14. The average molecular weight is 450 g/mol. The van der Waals surface area contributed by atoms with Gasteiger partial charge < -0.3 is 13.7 Å². The fraction of sp³-hybridized carbons (Fsp3) is 0. The van der Waals surface area contributed by atoms with Crippen molar-refractivity contribution < 1.29 is 9.15 Å². The Kier molecular flexibility index (Phi) is 3.66. The number of hydrogen-bond donors (Lipinski definition) is 0. The van der Waals surface area contributed by atoms with E-state index in [1.54, 1.807) is 0 Å². The van der Waals surface area contributed by atoms with Crippen LogP contribution in [0, 0.1) is 0 Å². The van der Waals surface area contributed by atoms with Gasteiger partial charge in [0.05, 0.1) is 11.2 Å². The smallest absolute Gasteiger partial charge is 0.136 e. The molecule has 3 heteroatoms. The molecular weight excluding hydrogens is 430 g/mol. The third kappa shape index (κ3) is 2.55. The zero-order valence-electron chi connectivity index (χ0n) is 18.7. The highest BCUT2D eigenvalue weighted by Crippen LogP contribution is 2.51. The Labute approximate surface area is 201 Å². The molecule has 164 valence electrons. The minimum absolute atomic E-state index is 0.859. The second-order valence-corrected chi connectivity index (χ2v) is 8.95. The highest BCUT2D eigenvalue weighted by Gasteiger charge is 2.28. The molecule has 1 aliphatic rings. The molecule has 35 heavy (non-hydrogen) atoms. The SMILES string of the molecule is c1ccc2c(c1)Oc1ccccc1-c1c-2c2ccccc2n1-c1ccc2oc3ccccc3c2c1. The minimum atomic E-state index is 0.859. The molecule has 0 saturated heterocycles. The van der Waals surface area contributed by atoms with Crippen molar-refractivity contribution in [2.24, 2.45) is 0 Å². The van der Waals surface area contributed by atoms with Crippen LogP contribution in [-0.4, -0.2) is 4.57 Å². The molecule has 0 N–H and O–H groups in total. The van der Waals surface area contributed by atoms with Crippen LogP contribution in [0.5, 0.6) is 11.5 Å². The Hall–Kier alpha value is -4.76. The average Bonchev–Trinajstić information content (AvgIpc) is 3.40. The summed E-state index contributed by atoms with van der Waals surface area (Å²) in [6.07, 6.45) is 0. The second kappa shape index (κ2) is 6.87. The lowest BCUT2D eigenvalue weighted by molar-refractivity contribution is 0.487. The zero-order chi connectivity index (χ0) is 22.9. The molecule has 5 aromatic carbocycles. The maximum Gasteiger partial charge on any atom is 0.136 e. The van der Waals surface area contributed by atoms with E-state index < -0.39 is 0 Å². The third-order valence-electron chi connectivity index (χ3n) is 7.01. The topological polar surface area (TPSA) is 27.3 Å². The Morgan fingerprint density at radius 1 is 0.514 bits per heavy atom. The first-order valence-electron chi connectivity index (χ1n) is 11.8. The summed E-state index contributed by atoms with van der Waals surface area (Å²) in [4.78, 5) is 0. The van der Waals surface area contributed by atoms with E-state index in [-0.39, 0.29) is 0 Å². The summed E-state index contributed by atoms with van der Waals surface area (Å²) < 4.78 is 15.0. The van der Waals surface area contributed by atoms with Crippen LogP contribution < -0.4 is 4.74 Å². The monoisotopic (exact) mass is 449 g/mol. The Morgan fingerprint density at radius 3 is 2.06 bits per heavy atom. The molecule has 0 atom stereocenters. The van der Waals surface area contributed by atoms with Crippen LogP contribution in [0.3, 0.4) is 0 Å². The number of furan rings is 1. The standard InChI is InChI=1S/C32H19NO2/c1-5-13-26-22(10-1)31-23-11-3-7-15-28(23)35-29-16-8-4-12-24(29)32(31)33(26)20-17-18-30-25(19-20)21-9-2-6-14-27(21)34-30/h1-19H. The van der Waals surface area contributed by atoms with Gasteiger partial charge >= 0.3 is 0 Å². The first-order chi connectivity index (χ1) is 17.4. The van der Waals surface area contributed by atoms with Crippen molar-refractivity contribution in [3.05, 3.63) is 115 Å². The molecule has 0 amide bonds. The minimum Gasteiger partial charge on any atom is -0.456 e. The van der Waals surface area contributed by atoms with Crippen molar-refractivity contribution in [1.82, 2.24) is 4.57 Å². The largest absolute Gasteiger partial charge is 0.456 e. The van der Waals surface area contributed by atoms with E-state index in [9.17, 15) is 0 Å². The van der Waals surface area contributed by atoms with Gasteiger partial charge in [0.1, 0.15) is 22.7 Å². The van der Waals surface area contributed by atoms with Crippen molar-refractivity contribution in [2.75, 3.05) is 0 Å². The maximum absolute atomic E-state index is 6.47. The number of hydrogen-bond acceptors (Lipinski definition) is 2. The van der Waals surface area contributed by atoms with E-state index in [1.165, 1.54) is 10.9 Å². The van der Waals surface area contributed by atoms with Gasteiger partial charge in [0.2, 0.25) is 0 Å². The molecule has 3 heterocycles. The summed E-state index contributed by atoms with van der Waals surface area (Å²) in [5.41, 5.74) is 8.56. The normalized spacial score (nSPS) is 12.2. The highest BCUT2D eigenvalue weighted by molar-refractivity contribution is 6.09. The molecule has 0 saturated carbocycles. The van der Waals surface area contributed by atoms with E-state index in [4.69, 9.17) is 9.15 Å². The molecule has 0 spiro atoms. The maximum atomic E-state index is 6.47. The number of nitrogens with zero attached hydrogens (tertiary/aromatic N) is 1. The highest BCUT2D eigenvalue weighted by atomic mass is 16.5. The van der Waals surface area contributed by atoms with Crippen LogP contribution >= 0.6 is 0 Å². The van der Waals surface area contributed by atoms with Gasteiger partial charge in [0.25, 0.3) is 0 Å². The molecule has 7 aromatic rings. The molecule has 0 unspecified atom stereocenters. The van der Waals surface area contributed by atoms with Crippen molar-refractivity contribution in [3.63, 3.8) is 0 Å². The Morgan fingerprint density at radius 2 is 1.17 bits per heavy atom. The van der Waals surface area contributed by atoms with Gasteiger partial charge in [0.15, 0.2) is 0 Å². The van der Waals surface area contributed by atoms with Gasteiger partial charge in [-0.1, -0.05) is 66.7 Å². The fourth-order valence-corrected chi connectivity index (χ4v) is 5.52. The summed E-state index contributed by atoms with van der Waals surface area (Å²) in [7, 11) is 0. The van der Waals surface area contributed by atoms with Gasteiger partial charge in [-0.25, -0.2) is 0 Å². The lowest BCUT2D eigenvalue weighted by Crippen LogP contribution is -1.97. The molecule has 0 radical (unpaired) electrons. The summed E-state index contributed by atoms with van der Waals surface area (Å²) in [6, 6.07) is 40.0. The van der Waals surface area contributed by atoms with Gasteiger partial charge in [-0.3, -0.25) is 0 Å². The van der Waals surface area contributed by atoms with E-state index in [0.717, 1.165) is 61.5 Å². The third-order valence-corrected chi connectivity index (χ3v) is 7.01. The van der Waals surface area contributed by atoms with Gasteiger partial charge in [-0.2, -0.15) is 0 Å². The Bertz CT molecular complexity index is 1940. The van der Waals surface area contributed by atoms with E-state index in [2.05, 4.69) is 95.6 Å². The quantitative estimate of drug-likeness (QED) is 0.250. The van der Waals surface area contributed by atoms with Crippen molar-refractivity contribution >= 4 is 32.8 Å². The molecule has 1 aliphatic heterocycles. The van der Waals surface area contributed by atoms with Crippen molar-refractivity contribution in [1.29, 1.82) is 0 Å². The molecule has 2 aromatic heterocycles. The van der Waals surface area contributed by atoms with E-state index in [0.29, 0.717) is 0 Å². The molecule has 0 fully saturated rings. The van der Waals surface area contributed by atoms with E-state index >= 15 is 0 Å². The predicted molar refractivity (Wildman–Crippen MR) is 141 cm³/mol. The van der Waals surface area contributed by atoms with Crippen LogP contribution in [0.15, 0.2) is 120 Å². The number of aromatic nitrogens is 1. The molecule has 0 bridgehead atoms. The van der Waals surface area contributed by atoms with Crippen LogP contribution in [0.25, 0.3) is 60.9 Å². The number of para-hydroxylation sites is 4. The summed E-state index contributed by atoms with van der Waals surface area (Å²) in [6.45, 7) is 0. The summed E-state index contributed by atoms with van der Waals surface area (Å²) in [5, 5.41) is 3.44. The number of benzene rings is 5. The predicted octanol–water partition coefficient (Wildman–Crippen LogP) is 8.97. The molecule has 3 nitrogen and oxygen atoms in total. The van der Waals surface area contributed by atoms with Crippen molar-refractivity contribution in [2.45, 2.75) is 0 Å².